The fourth-order valence-corrected chi connectivity index (χ4v) is 5.41. The Hall–Kier alpha value is -3.21. The molecular weight excluding hydrogens is 460 g/mol. The van der Waals surface area contributed by atoms with E-state index in [-0.39, 0.29) is 35.2 Å². The van der Waals surface area contributed by atoms with Crippen molar-refractivity contribution in [2.24, 2.45) is 0 Å². The molecular formula is C24H26N2O7S. The van der Waals surface area contributed by atoms with Gasteiger partial charge in [-0.05, 0) is 61.4 Å². The molecule has 0 amide bonds. The van der Waals surface area contributed by atoms with Crippen molar-refractivity contribution in [3.8, 4) is 5.75 Å². The van der Waals surface area contributed by atoms with Crippen LogP contribution in [0.15, 0.2) is 58.2 Å². The van der Waals surface area contributed by atoms with Gasteiger partial charge in [0.25, 0.3) is 5.56 Å². The lowest BCUT2D eigenvalue weighted by Gasteiger charge is -2.25. The second kappa shape index (κ2) is 9.96. The Kier molecular flexibility index (Phi) is 7.01. The van der Waals surface area contributed by atoms with Crippen LogP contribution in [0.4, 0.5) is 0 Å². The van der Waals surface area contributed by atoms with Gasteiger partial charge >= 0.3 is 5.97 Å². The summed E-state index contributed by atoms with van der Waals surface area (Å²) in [6.07, 6.45) is 1.32. The highest BCUT2D eigenvalue weighted by Crippen LogP contribution is 2.24. The van der Waals surface area contributed by atoms with E-state index in [1.165, 1.54) is 35.7 Å². The summed E-state index contributed by atoms with van der Waals surface area (Å²) in [6.45, 7) is 0.544. The van der Waals surface area contributed by atoms with Crippen LogP contribution in [0, 0.1) is 0 Å². The van der Waals surface area contributed by atoms with E-state index in [0.717, 1.165) is 18.2 Å². The van der Waals surface area contributed by atoms with Crippen molar-refractivity contribution >= 4 is 26.9 Å². The highest BCUT2D eigenvalue weighted by Gasteiger charge is 2.30. The molecule has 2 aromatic carbocycles. The number of aromatic amines is 1. The minimum atomic E-state index is -4.00. The van der Waals surface area contributed by atoms with Crippen molar-refractivity contribution < 1.29 is 27.4 Å². The van der Waals surface area contributed by atoms with E-state index >= 15 is 0 Å². The van der Waals surface area contributed by atoms with Crippen LogP contribution >= 0.6 is 0 Å². The number of aromatic nitrogens is 1. The van der Waals surface area contributed by atoms with Crippen LogP contribution in [0.1, 0.15) is 28.8 Å². The predicted octanol–water partition coefficient (Wildman–Crippen LogP) is 2.69. The predicted molar refractivity (Wildman–Crippen MR) is 125 cm³/mol. The molecule has 0 bridgehead atoms. The Morgan fingerprint density at radius 1 is 1.15 bits per heavy atom. The maximum Gasteiger partial charge on any atom is 0.337 e. The third-order valence-corrected chi connectivity index (χ3v) is 7.65. The lowest BCUT2D eigenvalue weighted by Crippen LogP contribution is -2.38. The second-order valence-corrected chi connectivity index (χ2v) is 9.96. The number of sulfonamides is 1. The Morgan fingerprint density at radius 2 is 1.91 bits per heavy atom. The number of hydrogen-bond donors (Lipinski definition) is 1. The highest BCUT2D eigenvalue weighted by molar-refractivity contribution is 7.89. The van der Waals surface area contributed by atoms with Gasteiger partial charge in [-0.3, -0.25) is 4.79 Å². The summed E-state index contributed by atoms with van der Waals surface area (Å²) in [5.41, 5.74) is 0.799. The molecule has 1 aliphatic rings. The first-order chi connectivity index (χ1) is 16.3. The standard InChI is InChI=1S/C24H26N2O7S/c1-31-19-7-10-22-17(13-19)12-18(23(27)25-22)14-26(15-20-4-3-11-33-20)34(29,30)21-8-5-16(6-9-21)24(28)32-2/h5-10,12-13,20H,3-4,11,14-15H2,1-2H3,(H,25,27). The first-order valence-electron chi connectivity index (χ1n) is 10.8. The fourth-order valence-electron chi connectivity index (χ4n) is 3.96. The van der Waals surface area contributed by atoms with Crippen LogP contribution in [-0.2, 0) is 26.0 Å². The summed E-state index contributed by atoms with van der Waals surface area (Å²) in [5.74, 6) is 0.0679. The average molecular weight is 487 g/mol. The number of carbonyl (C=O) groups excluding carboxylic acids is 1. The van der Waals surface area contributed by atoms with Crippen molar-refractivity contribution in [2.45, 2.75) is 30.4 Å². The maximum atomic E-state index is 13.6. The summed E-state index contributed by atoms with van der Waals surface area (Å²) in [7, 11) is -1.19. The number of nitrogens with one attached hydrogen (secondary N) is 1. The first-order valence-corrected chi connectivity index (χ1v) is 12.3. The number of rotatable bonds is 8. The van der Waals surface area contributed by atoms with Crippen molar-refractivity contribution in [1.82, 2.24) is 9.29 Å². The molecule has 0 saturated carbocycles. The second-order valence-electron chi connectivity index (χ2n) is 8.03. The number of benzene rings is 2. The van der Waals surface area contributed by atoms with E-state index in [9.17, 15) is 18.0 Å². The number of pyridine rings is 1. The van der Waals surface area contributed by atoms with Crippen molar-refractivity contribution in [3.05, 3.63) is 70.0 Å². The van der Waals surface area contributed by atoms with Gasteiger partial charge in [-0.2, -0.15) is 4.31 Å². The third-order valence-electron chi connectivity index (χ3n) is 5.82. The van der Waals surface area contributed by atoms with Crippen LogP contribution in [0.25, 0.3) is 10.9 Å². The van der Waals surface area contributed by atoms with E-state index in [1.807, 2.05) is 0 Å². The molecule has 0 spiro atoms. The molecule has 1 N–H and O–H groups in total. The van der Waals surface area contributed by atoms with Gasteiger partial charge in [0.15, 0.2) is 0 Å². The smallest absolute Gasteiger partial charge is 0.337 e. The third kappa shape index (κ3) is 4.98. The lowest BCUT2D eigenvalue weighted by molar-refractivity contribution is 0.0600. The number of hydrogen-bond acceptors (Lipinski definition) is 7. The molecule has 1 atom stereocenters. The van der Waals surface area contributed by atoms with Crippen LogP contribution in [0.5, 0.6) is 5.75 Å². The molecule has 1 saturated heterocycles. The zero-order valence-corrected chi connectivity index (χ0v) is 19.8. The Labute approximate surface area is 197 Å². The molecule has 34 heavy (non-hydrogen) atoms. The largest absolute Gasteiger partial charge is 0.497 e. The van der Waals surface area contributed by atoms with Crippen molar-refractivity contribution in [1.29, 1.82) is 0 Å². The van der Waals surface area contributed by atoms with Gasteiger partial charge in [0.1, 0.15) is 5.75 Å². The minimum absolute atomic E-state index is 0.0111. The Balaban J connectivity index is 1.70. The fraction of sp³-hybridized carbons (Fsp3) is 0.333. The lowest BCUT2D eigenvalue weighted by atomic mass is 10.1. The van der Waals surface area contributed by atoms with Crippen LogP contribution in [0.3, 0.4) is 0 Å². The number of methoxy groups -OCH3 is 2. The Morgan fingerprint density at radius 3 is 2.56 bits per heavy atom. The SMILES string of the molecule is COC(=O)c1ccc(S(=O)(=O)N(Cc2cc3cc(OC)ccc3[nH]c2=O)CC2CCCO2)cc1. The van der Waals surface area contributed by atoms with E-state index < -0.39 is 16.0 Å². The summed E-state index contributed by atoms with van der Waals surface area (Å²) < 4.78 is 44.0. The first kappa shape index (κ1) is 23.9. The van der Waals surface area contributed by atoms with Gasteiger partial charge < -0.3 is 19.2 Å². The zero-order chi connectivity index (χ0) is 24.3. The van der Waals surface area contributed by atoms with Crippen LogP contribution in [0.2, 0.25) is 0 Å². The molecule has 3 aromatic rings. The Bertz CT molecular complexity index is 1340. The molecule has 9 nitrogen and oxygen atoms in total. The monoisotopic (exact) mass is 486 g/mol. The molecule has 0 aliphatic carbocycles. The summed E-state index contributed by atoms with van der Waals surface area (Å²) >= 11 is 0. The number of nitrogens with zero attached hydrogens (tertiary/aromatic N) is 1. The molecule has 180 valence electrons. The topological polar surface area (TPSA) is 115 Å². The summed E-state index contributed by atoms with van der Waals surface area (Å²) in [5, 5.41) is 0.728. The van der Waals surface area contributed by atoms with Crippen LogP contribution in [-0.4, -0.2) is 57.2 Å². The minimum Gasteiger partial charge on any atom is -0.497 e. The van der Waals surface area contributed by atoms with E-state index in [0.29, 0.717) is 23.4 Å². The molecule has 4 rings (SSSR count). The van der Waals surface area contributed by atoms with Crippen molar-refractivity contribution in [3.63, 3.8) is 0 Å². The summed E-state index contributed by atoms with van der Waals surface area (Å²) in [4.78, 5) is 27.3. The van der Waals surface area contributed by atoms with E-state index in [1.54, 1.807) is 31.4 Å². The maximum absolute atomic E-state index is 13.6. The summed E-state index contributed by atoms with van der Waals surface area (Å²) in [6, 6.07) is 12.5. The number of esters is 1. The average Bonchev–Trinajstić information content (AvgIpc) is 3.36. The molecule has 1 unspecified atom stereocenters. The van der Waals surface area contributed by atoms with Crippen molar-refractivity contribution in [2.75, 3.05) is 27.4 Å². The normalized spacial score (nSPS) is 16.1. The van der Waals surface area contributed by atoms with Gasteiger partial charge in [0.2, 0.25) is 10.0 Å². The number of fused-ring (bicyclic) bond motifs is 1. The number of H-pyrrole nitrogens is 1. The van der Waals surface area contributed by atoms with Crippen LogP contribution < -0.4 is 10.3 Å². The molecule has 2 heterocycles. The van der Waals surface area contributed by atoms with Gasteiger partial charge in [-0.25, -0.2) is 13.2 Å². The van der Waals surface area contributed by atoms with Gasteiger partial charge in [0, 0.05) is 36.2 Å². The van der Waals surface area contributed by atoms with E-state index in [4.69, 9.17) is 9.47 Å². The molecule has 0 radical (unpaired) electrons. The zero-order valence-electron chi connectivity index (χ0n) is 18.9. The van der Waals surface area contributed by atoms with Gasteiger partial charge in [-0.1, -0.05) is 0 Å². The molecule has 1 aliphatic heterocycles. The highest BCUT2D eigenvalue weighted by atomic mass is 32.2. The number of ether oxygens (including phenoxy) is 3. The van der Waals surface area contributed by atoms with Gasteiger partial charge in [0.05, 0.1) is 30.8 Å². The molecule has 1 aromatic heterocycles. The molecule has 1 fully saturated rings. The number of carbonyl (C=O) groups is 1. The molecule has 10 heteroatoms. The quantitative estimate of drug-likeness (QED) is 0.487. The van der Waals surface area contributed by atoms with Gasteiger partial charge in [-0.15, -0.1) is 0 Å². The van der Waals surface area contributed by atoms with E-state index in [2.05, 4.69) is 9.72 Å².